The molecular weight excluding hydrogens is 251 g/mol. The maximum Gasteiger partial charge on any atom is 0.0701 e. The molecular formula is C11H22Cl2O3. The third-order valence-corrected chi connectivity index (χ3v) is 3.59. The van der Waals surface area contributed by atoms with Gasteiger partial charge in [0.25, 0.3) is 0 Å². The summed E-state index contributed by atoms with van der Waals surface area (Å²) in [6.07, 6.45) is 0.873. The van der Waals surface area contributed by atoms with Crippen LogP contribution in [-0.4, -0.2) is 51.9 Å². The van der Waals surface area contributed by atoms with Crippen molar-refractivity contribution in [3.63, 3.8) is 0 Å². The molecule has 0 aliphatic heterocycles. The van der Waals surface area contributed by atoms with Crippen LogP contribution in [0.5, 0.6) is 0 Å². The van der Waals surface area contributed by atoms with E-state index in [4.69, 9.17) is 37.4 Å². The summed E-state index contributed by atoms with van der Waals surface area (Å²) in [6, 6.07) is 0. The minimum absolute atomic E-state index is 0.0278. The molecule has 0 heterocycles. The second-order valence-corrected chi connectivity index (χ2v) is 4.58. The average molecular weight is 273 g/mol. The standard InChI is InChI=1S/C11H22Cl2O3/c1-11(9-12,10-13)3-4-15-7-8-16-6-5-14-2/h3-10H2,1-2H3. The quantitative estimate of drug-likeness (QED) is 0.427. The first kappa shape index (κ1) is 16.5. The molecule has 0 saturated heterocycles. The number of ether oxygens (including phenoxy) is 3. The highest BCUT2D eigenvalue weighted by molar-refractivity contribution is 6.21. The van der Waals surface area contributed by atoms with Crippen molar-refractivity contribution >= 4 is 23.2 Å². The molecule has 0 aromatic rings. The Morgan fingerprint density at radius 3 is 1.88 bits per heavy atom. The maximum atomic E-state index is 5.83. The van der Waals surface area contributed by atoms with Crippen LogP contribution >= 0.6 is 23.2 Å². The first-order chi connectivity index (χ1) is 7.68. The first-order valence-corrected chi connectivity index (χ1v) is 6.52. The van der Waals surface area contributed by atoms with E-state index in [0.717, 1.165) is 6.42 Å². The lowest BCUT2D eigenvalue weighted by Gasteiger charge is -2.23. The van der Waals surface area contributed by atoms with E-state index in [2.05, 4.69) is 6.92 Å². The van der Waals surface area contributed by atoms with Crippen LogP contribution in [0.3, 0.4) is 0 Å². The fourth-order valence-electron chi connectivity index (χ4n) is 0.952. The number of hydrogen-bond donors (Lipinski definition) is 0. The van der Waals surface area contributed by atoms with Gasteiger partial charge in [-0.2, -0.15) is 0 Å². The van der Waals surface area contributed by atoms with Gasteiger partial charge in [-0.15, -0.1) is 23.2 Å². The van der Waals surface area contributed by atoms with Crippen molar-refractivity contribution in [2.24, 2.45) is 5.41 Å². The third kappa shape index (κ3) is 8.59. The fourth-order valence-corrected chi connectivity index (χ4v) is 1.51. The third-order valence-electron chi connectivity index (χ3n) is 2.30. The molecule has 0 N–H and O–H groups in total. The number of methoxy groups -OCH3 is 1. The van der Waals surface area contributed by atoms with Crippen LogP contribution in [0.4, 0.5) is 0 Å². The largest absolute Gasteiger partial charge is 0.382 e. The van der Waals surface area contributed by atoms with Gasteiger partial charge in [0.15, 0.2) is 0 Å². The van der Waals surface area contributed by atoms with Gasteiger partial charge in [0.05, 0.1) is 26.4 Å². The van der Waals surface area contributed by atoms with Crippen molar-refractivity contribution in [3.8, 4) is 0 Å². The Hall–Kier alpha value is 0.460. The van der Waals surface area contributed by atoms with Gasteiger partial charge in [0, 0.05) is 25.5 Å². The summed E-state index contributed by atoms with van der Waals surface area (Å²) in [6.45, 7) is 5.17. The van der Waals surface area contributed by atoms with E-state index in [1.165, 1.54) is 0 Å². The van der Waals surface area contributed by atoms with E-state index >= 15 is 0 Å². The second-order valence-electron chi connectivity index (χ2n) is 4.05. The van der Waals surface area contributed by atoms with Crippen LogP contribution in [0.1, 0.15) is 13.3 Å². The number of alkyl halides is 2. The number of halogens is 2. The Morgan fingerprint density at radius 2 is 1.38 bits per heavy atom. The molecule has 98 valence electrons. The van der Waals surface area contributed by atoms with Gasteiger partial charge in [0.2, 0.25) is 0 Å². The molecule has 0 amide bonds. The zero-order valence-electron chi connectivity index (χ0n) is 10.1. The van der Waals surface area contributed by atoms with Crippen LogP contribution < -0.4 is 0 Å². The molecule has 3 nitrogen and oxygen atoms in total. The van der Waals surface area contributed by atoms with Crippen molar-refractivity contribution in [2.75, 3.05) is 51.9 Å². The van der Waals surface area contributed by atoms with Crippen LogP contribution in [0.25, 0.3) is 0 Å². The minimum atomic E-state index is -0.0278. The molecule has 0 atom stereocenters. The summed E-state index contributed by atoms with van der Waals surface area (Å²) in [4.78, 5) is 0. The molecule has 0 aliphatic carbocycles. The van der Waals surface area contributed by atoms with E-state index in [1.807, 2.05) is 0 Å². The topological polar surface area (TPSA) is 27.7 Å². The molecule has 16 heavy (non-hydrogen) atoms. The number of hydrogen-bond acceptors (Lipinski definition) is 3. The average Bonchev–Trinajstić information content (AvgIpc) is 2.32. The molecule has 0 spiro atoms. The van der Waals surface area contributed by atoms with Gasteiger partial charge in [-0.05, 0) is 11.8 Å². The van der Waals surface area contributed by atoms with Gasteiger partial charge in [-0.1, -0.05) is 6.92 Å². The zero-order chi connectivity index (χ0) is 12.3. The van der Waals surface area contributed by atoms with Gasteiger partial charge in [-0.3, -0.25) is 0 Å². The van der Waals surface area contributed by atoms with Gasteiger partial charge < -0.3 is 14.2 Å². The summed E-state index contributed by atoms with van der Waals surface area (Å²) in [5.74, 6) is 1.12. The summed E-state index contributed by atoms with van der Waals surface area (Å²) >= 11 is 11.7. The van der Waals surface area contributed by atoms with Gasteiger partial charge in [0.1, 0.15) is 0 Å². The van der Waals surface area contributed by atoms with Crippen LogP contribution in [0.15, 0.2) is 0 Å². The van der Waals surface area contributed by atoms with Gasteiger partial charge in [-0.25, -0.2) is 0 Å². The molecule has 0 rings (SSSR count). The summed E-state index contributed by atoms with van der Waals surface area (Å²) in [7, 11) is 1.65. The van der Waals surface area contributed by atoms with E-state index < -0.39 is 0 Å². The lowest BCUT2D eigenvalue weighted by atomic mass is 9.92. The van der Waals surface area contributed by atoms with Gasteiger partial charge >= 0.3 is 0 Å². The zero-order valence-corrected chi connectivity index (χ0v) is 11.6. The van der Waals surface area contributed by atoms with Crippen molar-refractivity contribution in [3.05, 3.63) is 0 Å². The maximum absolute atomic E-state index is 5.83. The number of rotatable bonds is 11. The smallest absolute Gasteiger partial charge is 0.0701 e. The second kappa shape index (κ2) is 10.6. The summed E-state index contributed by atoms with van der Waals surface area (Å²) < 4.78 is 15.5. The Morgan fingerprint density at radius 1 is 0.875 bits per heavy atom. The first-order valence-electron chi connectivity index (χ1n) is 5.45. The molecule has 0 unspecified atom stereocenters. The van der Waals surface area contributed by atoms with E-state index in [1.54, 1.807) is 7.11 Å². The minimum Gasteiger partial charge on any atom is -0.382 e. The molecule has 0 saturated carbocycles. The monoisotopic (exact) mass is 272 g/mol. The fraction of sp³-hybridized carbons (Fsp3) is 1.00. The lowest BCUT2D eigenvalue weighted by Crippen LogP contribution is -2.23. The molecule has 0 aromatic carbocycles. The molecule has 0 bridgehead atoms. The highest BCUT2D eigenvalue weighted by atomic mass is 35.5. The summed E-state index contributed by atoms with van der Waals surface area (Å²) in [5, 5.41) is 0. The highest BCUT2D eigenvalue weighted by Gasteiger charge is 2.21. The Balaban J connectivity index is 3.26. The highest BCUT2D eigenvalue weighted by Crippen LogP contribution is 2.24. The van der Waals surface area contributed by atoms with Crippen LogP contribution in [0.2, 0.25) is 0 Å². The SMILES string of the molecule is COCCOCCOCCC(C)(CCl)CCl. The summed E-state index contributed by atoms with van der Waals surface area (Å²) in [5.41, 5.74) is -0.0278. The van der Waals surface area contributed by atoms with E-state index in [0.29, 0.717) is 44.8 Å². The van der Waals surface area contributed by atoms with Crippen molar-refractivity contribution in [2.45, 2.75) is 13.3 Å². The Labute approximate surface area is 108 Å². The molecule has 0 radical (unpaired) electrons. The van der Waals surface area contributed by atoms with Crippen LogP contribution in [-0.2, 0) is 14.2 Å². The van der Waals surface area contributed by atoms with E-state index in [-0.39, 0.29) is 5.41 Å². The molecule has 0 aromatic heterocycles. The van der Waals surface area contributed by atoms with Crippen molar-refractivity contribution in [1.29, 1.82) is 0 Å². The normalized spacial score (nSPS) is 12.0. The Bertz CT molecular complexity index is 152. The molecule has 0 aliphatic rings. The molecule has 5 heteroatoms. The lowest BCUT2D eigenvalue weighted by molar-refractivity contribution is 0.0197. The van der Waals surface area contributed by atoms with E-state index in [9.17, 15) is 0 Å². The van der Waals surface area contributed by atoms with Crippen molar-refractivity contribution in [1.82, 2.24) is 0 Å². The molecule has 0 fully saturated rings. The van der Waals surface area contributed by atoms with Crippen molar-refractivity contribution < 1.29 is 14.2 Å². The predicted octanol–water partition coefficient (Wildman–Crippen LogP) is 2.54. The Kier molecular flexibility index (Phi) is 10.9. The van der Waals surface area contributed by atoms with Crippen LogP contribution in [0, 0.1) is 5.41 Å². The predicted molar refractivity (Wildman–Crippen MR) is 67.7 cm³/mol.